The van der Waals surface area contributed by atoms with Crippen molar-refractivity contribution in [2.24, 2.45) is 5.92 Å². The molecule has 2 aliphatic rings. The van der Waals surface area contributed by atoms with Gasteiger partial charge in [-0.3, -0.25) is 4.79 Å². The molecule has 0 bridgehead atoms. The minimum atomic E-state index is -0.0326. The first-order valence-corrected chi connectivity index (χ1v) is 8.55. The summed E-state index contributed by atoms with van der Waals surface area (Å²) in [5.74, 6) is 0.760. The number of carbonyl (C=O) groups excluding carboxylic acids is 1. The second-order valence-corrected chi connectivity index (χ2v) is 6.47. The van der Waals surface area contributed by atoms with Gasteiger partial charge in [0.25, 0.3) is 5.91 Å². The Balaban J connectivity index is 1.44. The Morgan fingerprint density at radius 3 is 2.71 bits per heavy atom. The Kier molecular flexibility index (Phi) is 4.26. The fraction of sp³-hybridized carbons (Fsp3) is 0.421. The van der Waals surface area contributed by atoms with Crippen LogP contribution in [-0.2, 0) is 4.74 Å². The van der Waals surface area contributed by atoms with Crippen molar-refractivity contribution in [3.63, 3.8) is 0 Å². The lowest BCUT2D eigenvalue weighted by Gasteiger charge is -2.39. The van der Waals surface area contributed by atoms with E-state index in [1.165, 1.54) is 5.69 Å². The first kappa shape index (κ1) is 15.3. The number of piperidine rings is 1. The van der Waals surface area contributed by atoms with E-state index in [2.05, 4.69) is 29.2 Å². The Morgan fingerprint density at radius 1 is 1.04 bits per heavy atom. The maximum Gasteiger partial charge on any atom is 0.289 e. The SMILES string of the molecule is O=C(c1ccco1)N1CCO[C@@H]2CN(c3ccccc3)CC[C@@H]2C1. The molecule has 0 unspecified atom stereocenters. The second-order valence-electron chi connectivity index (χ2n) is 6.47. The summed E-state index contributed by atoms with van der Waals surface area (Å²) in [5.41, 5.74) is 1.24. The van der Waals surface area contributed by atoms with E-state index in [-0.39, 0.29) is 12.0 Å². The summed E-state index contributed by atoms with van der Waals surface area (Å²) in [7, 11) is 0. The minimum Gasteiger partial charge on any atom is -0.459 e. The summed E-state index contributed by atoms with van der Waals surface area (Å²) < 4.78 is 11.4. The van der Waals surface area contributed by atoms with E-state index in [0.717, 1.165) is 26.1 Å². The van der Waals surface area contributed by atoms with Gasteiger partial charge in [0.2, 0.25) is 0 Å². The van der Waals surface area contributed by atoms with Crippen molar-refractivity contribution in [3.8, 4) is 0 Å². The molecular weight excluding hydrogens is 304 g/mol. The Bertz CT molecular complexity index is 671. The normalized spacial score (nSPS) is 24.3. The van der Waals surface area contributed by atoms with Gasteiger partial charge in [-0.1, -0.05) is 18.2 Å². The van der Waals surface area contributed by atoms with E-state index >= 15 is 0 Å². The van der Waals surface area contributed by atoms with Crippen LogP contribution in [0.5, 0.6) is 0 Å². The van der Waals surface area contributed by atoms with Crippen LogP contribution in [0.1, 0.15) is 17.0 Å². The number of benzene rings is 1. The third-order valence-electron chi connectivity index (χ3n) is 4.98. The number of amides is 1. The first-order valence-electron chi connectivity index (χ1n) is 8.55. The number of rotatable bonds is 2. The molecule has 1 aromatic heterocycles. The molecule has 5 heteroatoms. The number of fused-ring (bicyclic) bond motifs is 1. The summed E-state index contributed by atoms with van der Waals surface area (Å²) in [5, 5.41) is 0. The van der Waals surface area contributed by atoms with Crippen molar-refractivity contribution in [3.05, 3.63) is 54.5 Å². The van der Waals surface area contributed by atoms with E-state index in [4.69, 9.17) is 9.15 Å². The van der Waals surface area contributed by atoms with Crippen LogP contribution in [0.4, 0.5) is 5.69 Å². The third kappa shape index (κ3) is 3.04. The summed E-state index contributed by atoms with van der Waals surface area (Å²) in [6.07, 6.45) is 2.75. The van der Waals surface area contributed by atoms with Gasteiger partial charge in [0.05, 0.1) is 19.0 Å². The van der Waals surface area contributed by atoms with Crippen LogP contribution in [0.25, 0.3) is 0 Å². The van der Waals surface area contributed by atoms with Crippen molar-refractivity contribution in [2.75, 3.05) is 37.7 Å². The quantitative estimate of drug-likeness (QED) is 0.851. The predicted octanol–water partition coefficient (Wildman–Crippen LogP) is 2.65. The van der Waals surface area contributed by atoms with Crippen LogP contribution in [0.2, 0.25) is 0 Å². The largest absolute Gasteiger partial charge is 0.459 e. The molecule has 1 amide bonds. The summed E-state index contributed by atoms with van der Waals surface area (Å²) in [6, 6.07) is 13.9. The molecule has 5 nitrogen and oxygen atoms in total. The average molecular weight is 326 g/mol. The average Bonchev–Trinajstić information content (AvgIpc) is 3.08. The van der Waals surface area contributed by atoms with E-state index in [0.29, 0.717) is 24.8 Å². The molecule has 3 heterocycles. The Morgan fingerprint density at radius 2 is 1.92 bits per heavy atom. The van der Waals surface area contributed by atoms with E-state index in [9.17, 15) is 4.79 Å². The predicted molar refractivity (Wildman–Crippen MR) is 91.1 cm³/mol. The summed E-state index contributed by atoms with van der Waals surface area (Å²) in [4.78, 5) is 16.8. The molecule has 2 aliphatic heterocycles. The number of para-hydroxylation sites is 1. The lowest BCUT2D eigenvalue weighted by Crippen LogP contribution is -2.47. The van der Waals surface area contributed by atoms with E-state index < -0.39 is 0 Å². The van der Waals surface area contributed by atoms with E-state index in [1.807, 2.05) is 11.0 Å². The molecule has 0 N–H and O–H groups in total. The van der Waals surface area contributed by atoms with Crippen molar-refractivity contribution in [1.29, 1.82) is 0 Å². The lowest BCUT2D eigenvalue weighted by molar-refractivity contribution is 0.0253. The highest BCUT2D eigenvalue weighted by Crippen LogP contribution is 2.28. The van der Waals surface area contributed by atoms with Gasteiger partial charge in [-0.2, -0.15) is 0 Å². The van der Waals surface area contributed by atoms with E-state index in [1.54, 1.807) is 18.4 Å². The van der Waals surface area contributed by atoms with Gasteiger partial charge in [0, 0.05) is 37.8 Å². The summed E-state index contributed by atoms with van der Waals surface area (Å²) in [6.45, 7) is 3.83. The van der Waals surface area contributed by atoms with Gasteiger partial charge < -0.3 is 19.0 Å². The molecule has 24 heavy (non-hydrogen) atoms. The zero-order chi connectivity index (χ0) is 16.4. The third-order valence-corrected chi connectivity index (χ3v) is 4.98. The highest BCUT2D eigenvalue weighted by atomic mass is 16.5. The van der Waals surface area contributed by atoms with Crippen LogP contribution in [0.15, 0.2) is 53.1 Å². The molecular formula is C19H22N2O3. The van der Waals surface area contributed by atoms with Gasteiger partial charge in [0.15, 0.2) is 5.76 Å². The van der Waals surface area contributed by atoms with Crippen molar-refractivity contribution in [2.45, 2.75) is 12.5 Å². The minimum absolute atomic E-state index is 0.0326. The molecule has 0 aliphatic carbocycles. The molecule has 2 atom stereocenters. The van der Waals surface area contributed by atoms with Crippen LogP contribution < -0.4 is 4.90 Å². The lowest BCUT2D eigenvalue weighted by atomic mass is 9.93. The maximum atomic E-state index is 12.5. The highest BCUT2D eigenvalue weighted by Gasteiger charge is 2.35. The Labute approximate surface area is 141 Å². The van der Waals surface area contributed by atoms with Crippen LogP contribution in [0.3, 0.4) is 0 Å². The molecule has 1 aromatic carbocycles. The van der Waals surface area contributed by atoms with Gasteiger partial charge >= 0.3 is 0 Å². The second kappa shape index (κ2) is 6.69. The molecule has 0 saturated carbocycles. The number of nitrogens with zero attached hydrogens (tertiary/aromatic N) is 2. The fourth-order valence-corrected chi connectivity index (χ4v) is 3.67. The number of carbonyl (C=O) groups is 1. The molecule has 2 fully saturated rings. The zero-order valence-electron chi connectivity index (χ0n) is 13.6. The highest BCUT2D eigenvalue weighted by molar-refractivity contribution is 5.91. The number of anilines is 1. The topological polar surface area (TPSA) is 45.9 Å². The standard InChI is InChI=1S/C19H22N2O3/c22-19(17-7-4-11-23-17)21-10-12-24-18-14-20(9-8-15(18)13-21)16-5-2-1-3-6-16/h1-7,11,15,18H,8-10,12-14H2/t15-,18-/m1/s1. The smallest absolute Gasteiger partial charge is 0.289 e. The zero-order valence-corrected chi connectivity index (χ0v) is 13.6. The first-order chi connectivity index (χ1) is 11.8. The van der Waals surface area contributed by atoms with Crippen molar-refractivity contribution in [1.82, 2.24) is 4.90 Å². The van der Waals surface area contributed by atoms with Crippen molar-refractivity contribution >= 4 is 11.6 Å². The number of hydrogen-bond acceptors (Lipinski definition) is 4. The van der Waals surface area contributed by atoms with Crippen LogP contribution >= 0.6 is 0 Å². The van der Waals surface area contributed by atoms with Gasteiger partial charge in [-0.05, 0) is 30.7 Å². The van der Waals surface area contributed by atoms with Crippen molar-refractivity contribution < 1.29 is 13.9 Å². The monoisotopic (exact) mass is 326 g/mol. The number of hydrogen-bond donors (Lipinski definition) is 0. The van der Waals surface area contributed by atoms with Crippen LogP contribution in [0, 0.1) is 5.92 Å². The van der Waals surface area contributed by atoms with Crippen LogP contribution in [-0.4, -0.2) is 49.7 Å². The van der Waals surface area contributed by atoms with Gasteiger partial charge in [-0.25, -0.2) is 0 Å². The molecule has 126 valence electrons. The van der Waals surface area contributed by atoms with Gasteiger partial charge in [-0.15, -0.1) is 0 Å². The molecule has 0 radical (unpaired) electrons. The summed E-state index contributed by atoms with van der Waals surface area (Å²) >= 11 is 0. The van der Waals surface area contributed by atoms with Gasteiger partial charge in [0.1, 0.15) is 0 Å². The molecule has 2 saturated heterocycles. The number of ether oxygens (including phenoxy) is 1. The Hall–Kier alpha value is -2.27. The number of furan rings is 1. The molecule has 2 aromatic rings. The molecule has 4 rings (SSSR count). The molecule has 0 spiro atoms. The maximum absolute atomic E-state index is 12.5. The fourth-order valence-electron chi connectivity index (χ4n) is 3.67.